The molecule has 1 N–H and O–H groups in total. The number of rotatable bonds is 7. The average Bonchev–Trinajstić information content (AvgIpc) is 2.37. The number of carbonyl (C=O) groups is 2. The minimum Gasteiger partial charge on any atom is -0.484 e. The van der Waals surface area contributed by atoms with Crippen molar-refractivity contribution in [2.75, 3.05) is 20.3 Å². The molecule has 0 fully saturated rings. The second-order valence-electron chi connectivity index (χ2n) is 4.29. The number of carbonyl (C=O) groups excluding carboxylic acids is 2. The number of amides is 1. The Kier molecular flexibility index (Phi) is 6.02. The second kappa shape index (κ2) is 7.53. The molecule has 0 saturated carbocycles. The third-order valence-electron chi connectivity index (χ3n) is 2.45. The van der Waals surface area contributed by atoms with Crippen LogP contribution in [0.2, 0.25) is 0 Å². The predicted molar refractivity (Wildman–Crippen MR) is 71.4 cm³/mol. The standard InChI is InChI=1S/C14H19NO4/c1-10(8-18-3)15-14(17)9-19-13-6-4-12(5-7-13)11(2)16/h4-7,10H,8-9H2,1-3H3,(H,15,17). The number of benzene rings is 1. The molecule has 1 amide bonds. The van der Waals surface area contributed by atoms with Crippen LogP contribution in [0.5, 0.6) is 5.75 Å². The van der Waals surface area contributed by atoms with Gasteiger partial charge in [0, 0.05) is 18.7 Å². The van der Waals surface area contributed by atoms with Crippen LogP contribution in [0.4, 0.5) is 0 Å². The lowest BCUT2D eigenvalue weighted by atomic mass is 10.1. The van der Waals surface area contributed by atoms with Gasteiger partial charge in [0.25, 0.3) is 5.91 Å². The monoisotopic (exact) mass is 265 g/mol. The zero-order valence-electron chi connectivity index (χ0n) is 11.4. The van der Waals surface area contributed by atoms with Crippen LogP contribution < -0.4 is 10.1 Å². The summed E-state index contributed by atoms with van der Waals surface area (Å²) < 4.78 is 10.2. The largest absolute Gasteiger partial charge is 0.484 e. The van der Waals surface area contributed by atoms with Gasteiger partial charge in [-0.15, -0.1) is 0 Å². The maximum atomic E-state index is 11.5. The smallest absolute Gasteiger partial charge is 0.258 e. The lowest BCUT2D eigenvalue weighted by Crippen LogP contribution is -2.38. The first-order valence-electron chi connectivity index (χ1n) is 6.05. The van der Waals surface area contributed by atoms with E-state index < -0.39 is 0 Å². The van der Waals surface area contributed by atoms with Crippen LogP contribution in [0.3, 0.4) is 0 Å². The molecule has 0 aliphatic rings. The molecule has 1 atom stereocenters. The van der Waals surface area contributed by atoms with Crippen molar-refractivity contribution in [1.82, 2.24) is 5.32 Å². The third-order valence-corrected chi connectivity index (χ3v) is 2.45. The Morgan fingerprint density at radius 1 is 1.26 bits per heavy atom. The lowest BCUT2D eigenvalue weighted by Gasteiger charge is -2.13. The highest BCUT2D eigenvalue weighted by molar-refractivity contribution is 5.94. The first-order chi connectivity index (χ1) is 9.02. The summed E-state index contributed by atoms with van der Waals surface area (Å²) in [6.07, 6.45) is 0. The van der Waals surface area contributed by atoms with Gasteiger partial charge in [0.15, 0.2) is 12.4 Å². The Morgan fingerprint density at radius 3 is 2.42 bits per heavy atom. The van der Waals surface area contributed by atoms with Gasteiger partial charge in [-0.3, -0.25) is 9.59 Å². The van der Waals surface area contributed by atoms with Crippen molar-refractivity contribution in [3.63, 3.8) is 0 Å². The minimum absolute atomic E-state index is 0.00214. The summed E-state index contributed by atoms with van der Waals surface area (Å²) in [6.45, 7) is 3.75. The normalized spacial score (nSPS) is 11.7. The molecule has 5 nitrogen and oxygen atoms in total. The van der Waals surface area contributed by atoms with Crippen LogP contribution in [0.1, 0.15) is 24.2 Å². The lowest BCUT2D eigenvalue weighted by molar-refractivity contribution is -0.124. The zero-order valence-corrected chi connectivity index (χ0v) is 11.4. The van der Waals surface area contributed by atoms with Gasteiger partial charge >= 0.3 is 0 Å². The van der Waals surface area contributed by atoms with Crippen molar-refractivity contribution >= 4 is 11.7 Å². The summed E-state index contributed by atoms with van der Waals surface area (Å²) in [6, 6.07) is 6.62. The Hall–Kier alpha value is -1.88. The summed E-state index contributed by atoms with van der Waals surface area (Å²) in [7, 11) is 1.58. The molecule has 0 bridgehead atoms. The molecule has 104 valence electrons. The Morgan fingerprint density at radius 2 is 1.89 bits per heavy atom. The fraction of sp³-hybridized carbons (Fsp3) is 0.429. The van der Waals surface area contributed by atoms with Crippen LogP contribution in [0.15, 0.2) is 24.3 Å². The molecule has 0 spiro atoms. The van der Waals surface area contributed by atoms with Crippen molar-refractivity contribution in [2.24, 2.45) is 0 Å². The molecule has 19 heavy (non-hydrogen) atoms. The fourth-order valence-electron chi connectivity index (χ4n) is 1.54. The van der Waals surface area contributed by atoms with E-state index in [1.54, 1.807) is 31.4 Å². The summed E-state index contributed by atoms with van der Waals surface area (Å²) in [4.78, 5) is 22.6. The van der Waals surface area contributed by atoms with E-state index in [0.29, 0.717) is 17.9 Å². The van der Waals surface area contributed by atoms with Gasteiger partial charge in [-0.1, -0.05) is 0 Å². The number of Topliss-reactive ketones (excluding diaryl/α,β-unsaturated/α-hetero) is 1. The molecule has 0 radical (unpaired) electrons. The van der Waals surface area contributed by atoms with Crippen LogP contribution in [0, 0.1) is 0 Å². The maximum absolute atomic E-state index is 11.5. The summed E-state index contributed by atoms with van der Waals surface area (Å²) in [5.74, 6) is 0.345. The molecule has 0 aliphatic heterocycles. The van der Waals surface area contributed by atoms with E-state index in [9.17, 15) is 9.59 Å². The van der Waals surface area contributed by atoms with E-state index in [2.05, 4.69) is 5.32 Å². The van der Waals surface area contributed by atoms with E-state index in [4.69, 9.17) is 9.47 Å². The van der Waals surface area contributed by atoms with Crippen LogP contribution >= 0.6 is 0 Å². The second-order valence-corrected chi connectivity index (χ2v) is 4.29. The number of nitrogens with one attached hydrogen (secondary N) is 1. The van der Waals surface area contributed by atoms with Crippen molar-refractivity contribution in [3.05, 3.63) is 29.8 Å². The van der Waals surface area contributed by atoms with Crippen molar-refractivity contribution in [2.45, 2.75) is 19.9 Å². The van der Waals surface area contributed by atoms with E-state index in [1.807, 2.05) is 6.92 Å². The molecule has 1 aromatic rings. The predicted octanol–water partition coefficient (Wildman–Crippen LogP) is 1.42. The van der Waals surface area contributed by atoms with E-state index in [-0.39, 0.29) is 24.3 Å². The molecule has 0 heterocycles. The third kappa shape index (κ3) is 5.52. The number of ketones is 1. The summed E-state index contributed by atoms with van der Waals surface area (Å²) in [5, 5.41) is 2.74. The Bertz CT molecular complexity index is 428. The highest BCUT2D eigenvalue weighted by Crippen LogP contribution is 2.12. The summed E-state index contributed by atoms with van der Waals surface area (Å²) >= 11 is 0. The topological polar surface area (TPSA) is 64.6 Å². The first-order valence-corrected chi connectivity index (χ1v) is 6.05. The highest BCUT2D eigenvalue weighted by Gasteiger charge is 2.07. The fourth-order valence-corrected chi connectivity index (χ4v) is 1.54. The van der Waals surface area contributed by atoms with Crippen LogP contribution in [0.25, 0.3) is 0 Å². The summed E-state index contributed by atoms with van der Waals surface area (Å²) in [5.41, 5.74) is 0.616. The van der Waals surface area contributed by atoms with E-state index in [1.165, 1.54) is 6.92 Å². The number of hydrogen-bond acceptors (Lipinski definition) is 4. The molecule has 0 aromatic heterocycles. The van der Waals surface area contributed by atoms with E-state index in [0.717, 1.165) is 0 Å². The van der Waals surface area contributed by atoms with Crippen molar-refractivity contribution < 1.29 is 19.1 Å². The van der Waals surface area contributed by atoms with Gasteiger partial charge < -0.3 is 14.8 Å². The Labute approximate surface area is 112 Å². The quantitative estimate of drug-likeness (QED) is 0.757. The van der Waals surface area contributed by atoms with Gasteiger partial charge in [0.2, 0.25) is 0 Å². The highest BCUT2D eigenvalue weighted by atomic mass is 16.5. The van der Waals surface area contributed by atoms with Gasteiger partial charge in [-0.25, -0.2) is 0 Å². The first kappa shape index (κ1) is 15.2. The SMILES string of the molecule is COCC(C)NC(=O)COc1ccc(C(C)=O)cc1. The number of hydrogen-bond donors (Lipinski definition) is 1. The van der Waals surface area contributed by atoms with Crippen LogP contribution in [-0.2, 0) is 9.53 Å². The minimum atomic E-state index is -0.208. The zero-order chi connectivity index (χ0) is 14.3. The maximum Gasteiger partial charge on any atom is 0.258 e. The number of methoxy groups -OCH3 is 1. The molecular weight excluding hydrogens is 246 g/mol. The molecule has 0 aliphatic carbocycles. The molecule has 1 unspecified atom stereocenters. The van der Waals surface area contributed by atoms with E-state index >= 15 is 0 Å². The van der Waals surface area contributed by atoms with Crippen molar-refractivity contribution in [1.29, 1.82) is 0 Å². The van der Waals surface area contributed by atoms with Crippen LogP contribution in [-0.4, -0.2) is 38.1 Å². The van der Waals surface area contributed by atoms with Gasteiger partial charge in [0.05, 0.1) is 6.61 Å². The molecule has 1 aromatic carbocycles. The molecule has 0 saturated heterocycles. The van der Waals surface area contributed by atoms with Gasteiger partial charge in [0.1, 0.15) is 5.75 Å². The molecule has 1 rings (SSSR count). The Balaban J connectivity index is 2.39. The molecular formula is C14H19NO4. The van der Waals surface area contributed by atoms with Crippen molar-refractivity contribution in [3.8, 4) is 5.75 Å². The van der Waals surface area contributed by atoms with Gasteiger partial charge in [-0.2, -0.15) is 0 Å². The molecule has 5 heteroatoms. The number of ether oxygens (including phenoxy) is 2. The van der Waals surface area contributed by atoms with Gasteiger partial charge in [-0.05, 0) is 38.1 Å². The average molecular weight is 265 g/mol.